The van der Waals surface area contributed by atoms with Crippen molar-refractivity contribution in [3.05, 3.63) is 66.9 Å². The van der Waals surface area contributed by atoms with E-state index in [1.807, 2.05) is 91.0 Å². The van der Waals surface area contributed by atoms with Crippen LogP contribution in [0.1, 0.15) is 48.5 Å². The van der Waals surface area contributed by atoms with Crippen molar-refractivity contribution in [1.29, 1.82) is 0 Å². The molecule has 0 unspecified atom stereocenters. The van der Waals surface area contributed by atoms with Gasteiger partial charge in [0.1, 0.15) is 0 Å². The molecule has 0 aromatic heterocycles. The molecule has 0 saturated carbocycles. The molecule has 0 saturated heterocycles. The highest BCUT2D eigenvalue weighted by molar-refractivity contribution is 5.35. The minimum absolute atomic E-state index is 0.697. The van der Waals surface area contributed by atoms with Gasteiger partial charge in [-0.2, -0.15) is 0 Å². The molecule has 2 heteroatoms. The Labute approximate surface area is 133 Å². The van der Waals surface area contributed by atoms with Gasteiger partial charge >= 0.3 is 0 Å². The van der Waals surface area contributed by atoms with Gasteiger partial charge in [0.05, 0.1) is 0 Å². The van der Waals surface area contributed by atoms with Crippen molar-refractivity contribution in [2.45, 2.75) is 48.5 Å². The van der Waals surface area contributed by atoms with Crippen molar-refractivity contribution < 1.29 is 0 Å². The Morgan fingerprint density at radius 1 is 0.952 bits per heavy atom. The van der Waals surface area contributed by atoms with Gasteiger partial charge in [-0.1, -0.05) is 78.5 Å². The standard InChI is InChI=1S/C7H11N.C6H7N.3C2H6/c1-3-5-6-7(8)4-2;7-6-4-2-1-3-5-6;3*1-2/h3-6H,2,8H2,1H3;1-5H,7H2;3*1-2H3/b5-3-,7-6+;;;;. The van der Waals surface area contributed by atoms with Gasteiger partial charge in [-0.15, -0.1) is 0 Å². The third-order valence-electron chi connectivity index (χ3n) is 1.52. The molecule has 21 heavy (non-hydrogen) atoms. The first-order chi connectivity index (χ1) is 10.2. The lowest BCUT2D eigenvalue weighted by molar-refractivity contribution is 1.43. The summed E-state index contributed by atoms with van der Waals surface area (Å²) in [5.74, 6) is 0. The highest BCUT2D eigenvalue weighted by Crippen LogP contribution is 1.95. The Morgan fingerprint density at radius 3 is 1.62 bits per heavy atom. The zero-order chi connectivity index (χ0) is 17.5. The van der Waals surface area contributed by atoms with E-state index < -0.39 is 0 Å². The zero-order valence-corrected chi connectivity index (χ0v) is 15.1. The molecule has 1 aromatic rings. The summed E-state index contributed by atoms with van der Waals surface area (Å²) in [4.78, 5) is 0. The van der Waals surface area contributed by atoms with Crippen LogP contribution < -0.4 is 11.5 Å². The fourth-order valence-corrected chi connectivity index (χ4v) is 0.728. The SMILES string of the molecule is C=C/C(N)=C\C=C/C.CC.CC.CC.Nc1ccccc1. The largest absolute Gasteiger partial charge is 0.399 e. The van der Waals surface area contributed by atoms with Gasteiger partial charge in [-0.05, 0) is 31.2 Å². The van der Waals surface area contributed by atoms with E-state index in [0.717, 1.165) is 5.69 Å². The lowest BCUT2D eigenvalue weighted by Crippen LogP contribution is -1.89. The molecule has 0 spiro atoms. The maximum Gasteiger partial charge on any atom is 0.0313 e. The highest BCUT2D eigenvalue weighted by atomic mass is 14.5. The minimum Gasteiger partial charge on any atom is -0.399 e. The molecule has 122 valence electrons. The first-order valence-electron chi connectivity index (χ1n) is 7.72. The maximum absolute atomic E-state index is 5.36. The van der Waals surface area contributed by atoms with Crippen LogP contribution in [0, 0.1) is 0 Å². The zero-order valence-electron chi connectivity index (χ0n) is 15.1. The van der Waals surface area contributed by atoms with E-state index in [0.29, 0.717) is 5.70 Å². The number of para-hydroxylation sites is 1. The number of nitrogen functional groups attached to an aromatic ring is 1. The van der Waals surface area contributed by atoms with Crippen molar-refractivity contribution in [2.24, 2.45) is 5.73 Å². The first kappa shape index (κ1) is 27.4. The Balaban J connectivity index is -0.000000102. The number of anilines is 1. The minimum atomic E-state index is 0.697. The van der Waals surface area contributed by atoms with E-state index in [2.05, 4.69) is 6.58 Å². The normalized spacial score (nSPS) is 8.43. The number of hydrogen-bond donors (Lipinski definition) is 2. The Kier molecular flexibility index (Phi) is 40.2. The number of allylic oxidation sites excluding steroid dienone is 4. The van der Waals surface area contributed by atoms with Gasteiger partial charge in [-0.3, -0.25) is 0 Å². The van der Waals surface area contributed by atoms with Gasteiger partial charge in [-0.25, -0.2) is 0 Å². The van der Waals surface area contributed by atoms with Crippen molar-refractivity contribution >= 4 is 5.69 Å². The summed E-state index contributed by atoms with van der Waals surface area (Å²) in [6.07, 6.45) is 7.19. The molecular weight excluding hydrogens is 256 g/mol. The van der Waals surface area contributed by atoms with E-state index in [1.165, 1.54) is 0 Å². The average Bonchev–Trinajstić information content (AvgIpc) is 2.59. The number of rotatable bonds is 2. The third kappa shape index (κ3) is 32.0. The first-order valence-corrected chi connectivity index (χ1v) is 7.72. The second kappa shape index (κ2) is 30.8. The van der Waals surface area contributed by atoms with Crippen molar-refractivity contribution in [1.82, 2.24) is 0 Å². The Bertz CT molecular complexity index is 325. The van der Waals surface area contributed by atoms with Crippen LogP contribution in [0.2, 0.25) is 0 Å². The van der Waals surface area contributed by atoms with Crippen LogP contribution in [0.5, 0.6) is 0 Å². The van der Waals surface area contributed by atoms with Gasteiger partial charge in [0.15, 0.2) is 0 Å². The summed E-state index contributed by atoms with van der Waals surface area (Å²) in [5.41, 5.74) is 12.2. The molecule has 0 atom stereocenters. The topological polar surface area (TPSA) is 52.0 Å². The van der Waals surface area contributed by atoms with Gasteiger partial charge in [0.25, 0.3) is 0 Å². The van der Waals surface area contributed by atoms with E-state index in [1.54, 1.807) is 12.2 Å². The molecule has 0 fully saturated rings. The molecular formula is C19H36N2. The van der Waals surface area contributed by atoms with Crippen LogP contribution in [0.4, 0.5) is 5.69 Å². The van der Waals surface area contributed by atoms with Crippen LogP contribution in [0.3, 0.4) is 0 Å². The summed E-state index contributed by atoms with van der Waals surface area (Å²) in [5, 5.41) is 0. The highest BCUT2D eigenvalue weighted by Gasteiger charge is 1.72. The van der Waals surface area contributed by atoms with E-state index in [4.69, 9.17) is 11.5 Å². The van der Waals surface area contributed by atoms with Crippen molar-refractivity contribution in [2.75, 3.05) is 5.73 Å². The molecule has 2 nitrogen and oxygen atoms in total. The molecule has 0 amide bonds. The van der Waals surface area contributed by atoms with Gasteiger partial charge < -0.3 is 11.5 Å². The van der Waals surface area contributed by atoms with Crippen LogP contribution >= 0.6 is 0 Å². The second-order valence-corrected chi connectivity index (χ2v) is 2.81. The molecule has 0 aliphatic heterocycles. The van der Waals surface area contributed by atoms with E-state index >= 15 is 0 Å². The van der Waals surface area contributed by atoms with Gasteiger partial charge in [0.2, 0.25) is 0 Å². The Morgan fingerprint density at radius 2 is 1.38 bits per heavy atom. The summed E-state index contributed by atoms with van der Waals surface area (Å²) < 4.78 is 0. The fraction of sp³-hybridized carbons (Fsp3) is 0.368. The molecule has 1 aromatic carbocycles. The number of hydrogen-bond acceptors (Lipinski definition) is 2. The predicted octanol–water partition coefficient (Wildman–Crippen LogP) is 5.94. The average molecular weight is 293 g/mol. The summed E-state index contributed by atoms with van der Waals surface area (Å²) in [6, 6.07) is 9.49. The fourth-order valence-electron chi connectivity index (χ4n) is 0.728. The number of nitrogens with two attached hydrogens (primary N) is 2. The molecule has 1 rings (SSSR count). The van der Waals surface area contributed by atoms with Crippen LogP contribution in [-0.2, 0) is 0 Å². The second-order valence-electron chi connectivity index (χ2n) is 2.81. The lowest BCUT2D eigenvalue weighted by atomic mass is 10.3. The van der Waals surface area contributed by atoms with E-state index in [-0.39, 0.29) is 0 Å². The van der Waals surface area contributed by atoms with Crippen LogP contribution in [0.25, 0.3) is 0 Å². The molecule has 0 bridgehead atoms. The van der Waals surface area contributed by atoms with Gasteiger partial charge in [0, 0.05) is 11.4 Å². The third-order valence-corrected chi connectivity index (χ3v) is 1.52. The quantitative estimate of drug-likeness (QED) is 0.523. The van der Waals surface area contributed by atoms with Crippen molar-refractivity contribution in [3.63, 3.8) is 0 Å². The lowest BCUT2D eigenvalue weighted by Gasteiger charge is -1.83. The monoisotopic (exact) mass is 292 g/mol. The predicted molar refractivity (Wildman–Crippen MR) is 102 cm³/mol. The summed E-state index contributed by atoms with van der Waals surface area (Å²) in [6.45, 7) is 17.4. The molecule has 0 aliphatic carbocycles. The van der Waals surface area contributed by atoms with Crippen LogP contribution in [-0.4, -0.2) is 0 Å². The van der Waals surface area contributed by atoms with Crippen LogP contribution in [0.15, 0.2) is 66.9 Å². The summed E-state index contributed by atoms with van der Waals surface area (Å²) in [7, 11) is 0. The number of benzene rings is 1. The maximum atomic E-state index is 5.36. The molecule has 0 radical (unpaired) electrons. The molecule has 0 heterocycles. The molecule has 0 aliphatic rings. The molecule has 4 N–H and O–H groups in total. The smallest absolute Gasteiger partial charge is 0.0313 e. The summed E-state index contributed by atoms with van der Waals surface area (Å²) >= 11 is 0. The van der Waals surface area contributed by atoms with E-state index in [9.17, 15) is 0 Å². The Hall–Kier alpha value is -1.96. The van der Waals surface area contributed by atoms with Crippen molar-refractivity contribution in [3.8, 4) is 0 Å².